The van der Waals surface area contributed by atoms with Gasteiger partial charge in [-0.2, -0.15) is 0 Å². The van der Waals surface area contributed by atoms with E-state index in [1.165, 1.54) is 6.08 Å². The van der Waals surface area contributed by atoms with E-state index < -0.39 is 11.9 Å². The molecule has 1 saturated heterocycles. The highest BCUT2D eigenvalue weighted by atomic mass is 35.5. The van der Waals surface area contributed by atoms with Gasteiger partial charge in [0.2, 0.25) is 0 Å². The van der Waals surface area contributed by atoms with E-state index in [-0.39, 0.29) is 19.2 Å². The number of hydrogen-bond donors (Lipinski definition) is 0. The van der Waals surface area contributed by atoms with Crippen LogP contribution in [-0.4, -0.2) is 37.5 Å². The second-order valence-electron chi connectivity index (χ2n) is 5.85. The lowest BCUT2D eigenvalue weighted by molar-refractivity contribution is -0.145. The molecule has 0 radical (unpaired) electrons. The number of amidine groups is 1. The number of aliphatic imine (C=N–C) groups is 1. The Morgan fingerprint density at radius 2 is 1.96 bits per heavy atom. The van der Waals surface area contributed by atoms with Crippen LogP contribution in [0.1, 0.15) is 27.2 Å². The van der Waals surface area contributed by atoms with Gasteiger partial charge in [-0.15, -0.1) is 0 Å². The van der Waals surface area contributed by atoms with Crippen LogP contribution in [0.3, 0.4) is 0 Å². The van der Waals surface area contributed by atoms with Crippen molar-refractivity contribution in [3.8, 4) is 0 Å². The summed E-state index contributed by atoms with van der Waals surface area (Å²) >= 11 is 12.3. The fourth-order valence-electron chi connectivity index (χ4n) is 2.81. The molecule has 1 aromatic carbocycles. The first-order valence-corrected chi connectivity index (χ1v) is 9.45. The molecule has 1 heterocycles. The number of carbonyl (C=O) groups is 2. The molecule has 0 bridgehead atoms. The number of ether oxygens (including phenoxy) is 2. The van der Waals surface area contributed by atoms with Crippen LogP contribution in [0.15, 0.2) is 35.0 Å². The second kappa shape index (κ2) is 9.76. The van der Waals surface area contributed by atoms with E-state index in [1.54, 1.807) is 39.0 Å². The molecular formula is C19H22Cl2N2O4. The Balaban J connectivity index is 2.42. The molecule has 0 aromatic heterocycles. The number of anilines is 1. The van der Waals surface area contributed by atoms with Gasteiger partial charge < -0.3 is 14.4 Å². The maximum atomic E-state index is 12.4. The lowest BCUT2D eigenvalue weighted by atomic mass is 10.1. The van der Waals surface area contributed by atoms with Crippen molar-refractivity contribution in [3.63, 3.8) is 0 Å². The molecule has 1 aromatic rings. The molecule has 0 spiro atoms. The van der Waals surface area contributed by atoms with Gasteiger partial charge in [0.25, 0.3) is 0 Å². The molecule has 146 valence electrons. The van der Waals surface area contributed by atoms with Crippen molar-refractivity contribution >= 4 is 46.7 Å². The fourth-order valence-corrected chi connectivity index (χ4v) is 3.32. The first-order chi connectivity index (χ1) is 12.9. The highest BCUT2D eigenvalue weighted by Crippen LogP contribution is 2.34. The first kappa shape index (κ1) is 21.3. The van der Waals surface area contributed by atoms with Crippen molar-refractivity contribution in [1.29, 1.82) is 0 Å². The molecule has 1 unspecified atom stereocenters. The van der Waals surface area contributed by atoms with E-state index in [1.807, 2.05) is 4.90 Å². The van der Waals surface area contributed by atoms with Crippen molar-refractivity contribution in [2.75, 3.05) is 24.7 Å². The van der Waals surface area contributed by atoms with Crippen LogP contribution in [0.5, 0.6) is 0 Å². The Kier molecular flexibility index (Phi) is 7.68. The Hall–Kier alpha value is -2.05. The molecule has 6 nitrogen and oxygen atoms in total. The first-order valence-electron chi connectivity index (χ1n) is 8.70. The summed E-state index contributed by atoms with van der Waals surface area (Å²) in [7, 11) is 0. The van der Waals surface area contributed by atoms with Gasteiger partial charge >= 0.3 is 11.9 Å². The Labute approximate surface area is 168 Å². The molecule has 1 fully saturated rings. The second-order valence-corrected chi connectivity index (χ2v) is 6.69. The van der Waals surface area contributed by atoms with Crippen LogP contribution in [0.4, 0.5) is 5.69 Å². The van der Waals surface area contributed by atoms with Gasteiger partial charge in [0.15, 0.2) is 0 Å². The van der Waals surface area contributed by atoms with E-state index in [0.717, 1.165) is 0 Å². The minimum Gasteiger partial charge on any atom is -0.465 e. The largest absolute Gasteiger partial charge is 0.465 e. The van der Waals surface area contributed by atoms with E-state index in [2.05, 4.69) is 4.99 Å². The number of carbonyl (C=O) groups excluding carboxylic acids is 2. The van der Waals surface area contributed by atoms with Gasteiger partial charge in [-0.3, -0.25) is 4.79 Å². The quantitative estimate of drug-likeness (QED) is 0.515. The predicted molar refractivity (Wildman–Crippen MR) is 106 cm³/mol. The summed E-state index contributed by atoms with van der Waals surface area (Å²) in [5.74, 6) is -0.896. The van der Waals surface area contributed by atoms with Gasteiger partial charge in [-0.25, -0.2) is 9.79 Å². The van der Waals surface area contributed by atoms with Crippen LogP contribution in [0.2, 0.25) is 10.0 Å². The van der Waals surface area contributed by atoms with E-state index >= 15 is 0 Å². The summed E-state index contributed by atoms with van der Waals surface area (Å²) in [6.07, 6.45) is 1.82. The van der Waals surface area contributed by atoms with Crippen molar-refractivity contribution in [1.82, 2.24) is 0 Å². The number of rotatable bonds is 6. The van der Waals surface area contributed by atoms with Crippen molar-refractivity contribution < 1.29 is 19.1 Å². The van der Waals surface area contributed by atoms with Gasteiger partial charge in [0, 0.05) is 23.3 Å². The molecule has 2 rings (SSSR count). The maximum absolute atomic E-state index is 12.4. The summed E-state index contributed by atoms with van der Waals surface area (Å²) in [5.41, 5.74) is 1.12. The number of nitrogens with zero attached hydrogens (tertiary/aromatic N) is 2. The third-order valence-electron chi connectivity index (χ3n) is 3.91. The Bertz CT molecular complexity index is 777. The Morgan fingerprint density at radius 3 is 2.59 bits per heavy atom. The SMILES string of the molecule is CCOC(=O)C=C(C)N=C1C(C(=O)OCC)CCN1c1ccc(Cl)cc1Cl. The predicted octanol–water partition coefficient (Wildman–Crippen LogP) is 4.25. The third kappa shape index (κ3) is 5.47. The number of benzene rings is 1. The molecule has 27 heavy (non-hydrogen) atoms. The molecule has 0 aliphatic carbocycles. The fraction of sp³-hybridized carbons (Fsp3) is 0.421. The molecular weight excluding hydrogens is 391 g/mol. The van der Waals surface area contributed by atoms with Crippen LogP contribution in [0, 0.1) is 5.92 Å². The smallest absolute Gasteiger partial charge is 0.332 e. The van der Waals surface area contributed by atoms with Gasteiger partial charge in [-0.05, 0) is 45.4 Å². The standard InChI is InChI=1S/C19H22Cl2N2O4/c1-4-26-17(24)10-12(3)22-18-14(19(25)27-5-2)8-9-23(18)16-7-6-13(20)11-15(16)21/h6-7,10-11,14H,4-5,8-9H2,1-3H3. The summed E-state index contributed by atoms with van der Waals surface area (Å²) in [6, 6.07) is 5.13. The minimum absolute atomic E-state index is 0.275. The lowest BCUT2D eigenvalue weighted by Gasteiger charge is -2.22. The maximum Gasteiger partial charge on any atom is 0.332 e. The molecule has 8 heteroatoms. The molecule has 0 saturated carbocycles. The molecule has 1 aliphatic heterocycles. The summed E-state index contributed by atoms with van der Waals surface area (Å²) in [4.78, 5) is 30.4. The number of allylic oxidation sites excluding steroid dienone is 1. The number of halogens is 2. The van der Waals surface area contributed by atoms with Crippen LogP contribution in [0.25, 0.3) is 0 Å². The van der Waals surface area contributed by atoms with Crippen molar-refractivity contribution in [2.45, 2.75) is 27.2 Å². The average molecular weight is 413 g/mol. The number of esters is 2. The lowest BCUT2D eigenvalue weighted by Crippen LogP contribution is -2.32. The van der Waals surface area contributed by atoms with Crippen molar-refractivity contribution in [2.24, 2.45) is 10.9 Å². The monoisotopic (exact) mass is 412 g/mol. The molecule has 0 N–H and O–H groups in total. The highest BCUT2D eigenvalue weighted by molar-refractivity contribution is 6.37. The zero-order valence-electron chi connectivity index (χ0n) is 15.5. The average Bonchev–Trinajstić information content (AvgIpc) is 2.98. The van der Waals surface area contributed by atoms with Crippen LogP contribution >= 0.6 is 23.2 Å². The topological polar surface area (TPSA) is 68.2 Å². The van der Waals surface area contributed by atoms with E-state index in [4.69, 9.17) is 32.7 Å². The van der Waals surface area contributed by atoms with Crippen LogP contribution < -0.4 is 4.90 Å². The van der Waals surface area contributed by atoms with E-state index in [9.17, 15) is 9.59 Å². The van der Waals surface area contributed by atoms with Gasteiger partial charge in [0.1, 0.15) is 11.8 Å². The van der Waals surface area contributed by atoms with E-state index in [0.29, 0.717) is 40.2 Å². The summed E-state index contributed by atoms with van der Waals surface area (Å²) in [5, 5.41) is 0.966. The summed E-state index contributed by atoms with van der Waals surface area (Å²) in [6.45, 7) is 6.25. The normalized spacial score (nSPS) is 18.7. The highest BCUT2D eigenvalue weighted by Gasteiger charge is 2.37. The van der Waals surface area contributed by atoms with Gasteiger partial charge in [0.05, 0.1) is 23.9 Å². The Morgan fingerprint density at radius 1 is 1.26 bits per heavy atom. The number of hydrogen-bond acceptors (Lipinski definition) is 5. The third-order valence-corrected chi connectivity index (χ3v) is 4.44. The van der Waals surface area contributed by atoms with Gasteiger partial charge in [-0.1, -0.05) is 23.2 Å². The zero-order chi connectivity index (χ0) is 20.0. The van der Waals surface area contributed by atoms with Crippen LogP contribution in [-0.2, 0) is 19.1 Å². The minimum atomic E-state index is -0.540. The summed E-state index contributed by atoms with van der Waals surface area (Å²) < 4.78 is 10.1. The molecule has 0 amide bonds. The van der Waals surface area contributed by atoms with Crippen molar-refractivity contribution in [3.05, 3.63) is 40.0 Å². The zero-order valence-corrected chi connectivity index (χ0v) is 17.0. The molecule has 1 atom stereocenters. The molecule has 1 aliphatic rings.